The minimum absolute atomic E-state index is 0.0879. The number of imidazole rings is 1. The topological polar surface area (TPSA) is 70.4 Å². The molecule has 0 saturated carbocycles. The summed E-state index contributed by atoms with van der Waals surface area (Å²) in [5.41, 5.74) is 0.104. The summed E-state index contributed by atoms with van der Waals surface area (Å²) in [4.78, 5) is 26.6. The first kappa shape index (κ1) is 12.2. The smallest absolute Gasteiger partial charge is 0.374 e. The first-order chi connectivity index (χ1) is 7.60. The highest BCUT2D eigenvalue weighted by Gasteiger charge is 2.19. The van der Waals surface area contributed by atoms with Crippen LogP contribution in [0.5, 0.6) is 0 Å². The summed E-state index contributed by atoms with van der Waals surface area (Å²) in [6, 6.07) is 0. The van der Waals surface area contributed by atoms with Crippen LogP contribution in [-0.4, -0.2) is 34.7 Å². The molecule has 0 aliphatic heterocycles. The molecule has 1 rings (SSSR count). The minimum atomic E-state index is -0.555. The molecule has 0 bridgehead atoms. The predicted octanol–water partition coefficient (Wildman–Crippen LogP) is 0.774. The van der Waals surface area contributed by atoms with Crippen LogP contribution in [-0.2, 0) is 16.5 Å². The molecule has 0 amide bonds. The van der Waals surface area contributed by atoms with E-state index in [2.05, 4.69) is 4.98 Å². The number of carbonyl (C=O) groups excluding carboxylic acids is 2. The molecule has 0 N–H and O–H groups in total. The number of nitrogens with zero attached hydrogens (tertiary/aromatic N) is 2. The van der Waals surface area contributed by atoms with Crippen molar-refractivity contribution in [1.29, 1.82) is 0 Å². The van der Waals surface area contributed by atoms with Gasteiger partial charge in [0.15, 0.2) is 5.69 Å². The van der Waals surface area contributed by atoms with Gasteiger partial charge in [-0.3, -0.25) is 0 Å². The zero-order chi connectivity index (χ0) is 12.1. The molecule has 0 aliphatic rings. The van der Waals surface area contributed by atoms with Gasteiger partial charge in [-0.15, -0.1) is 0 Å². The third kappa shape index (κ3) is 2.59. The highest BCUT2D eigenvalue weighted by Crippen LogP contribution is 2.05. The Morgan fingerprint density at radius 2 is 1.81 bits per heavy atom. The molecular formula is C10H14N2O4. The van der Waals surface area contributed by atoms with E-state index in [9.17, 15) is 9.59 Å². The van der Waals surface area contributed by atoms with E-state index in [0.29, 0.717) is 0 Å². The Balaban J connectivity index is 2.89. The molecular weight excluding hydrogens is 212 g/mol. The lowest BCUT2D eigenvalue weighted by Crippen LogP contribution is -2.11. The Bertz CT molecular complexity index is 398. The second kappa shape index (κ2) is 5.29. The Morgan fingerprint density at radius 3 is 2.38 bits per heavy atom. The lowest BCUT2D eigenvalue weighted by atomic mass is 10.5. The number of rotatable bonds is 4. The van der Waals surface area contributed by atoms with E-state index in [-0.39, 0.29) is 24.7 Å². The van der Waals surface area contributed by atoms with Crippen molar-refractivity contribution in [3.05, 3.63) is 17.7 Å². The van der Waals surface area contributed by atoms with Gasteiger partial charge in [0, 0.05) is 13.2 Å². The maximum atomic E-state index is 11.4. The maximum absolute atomic E-state index is 11.4. The van der Waals surface area contributed by atoms with Gasteiger partial charge in [-0.25, -0.2) is 14.6 Å². The van der Waals surface area contributed by atoms with Gasteiger partial charge in [-0.1, -0.05) is 0 Å². The van der Waals surface area contributed by atoms with E-state index in [0.717, 1.165) is 0 Å². The highest BCUT2D eigenvalue weighted by molar-refractivity contribution is 5.91. The lowest BCUT2D eigenvalue weighted by molar-refractivity contribution is 0.0507. The predicted molar refractivity (Wildman–Crippen MR) is 55.1 cm³/mol. The zero-order valence-corrected chi connectivity index (χ0v) is 9.52. The number of ether oxygens (including phenoxy) is 2. The van der Waals surface area contributed by atoms with E-state index >= 15 is 0 Å². The fourth-order valence-electron chi connectivity index (χ4n) is 1.16. The highest BCUT2D eigenvalue weighted by atomic mass is 16.5. The molecule has 0 saturated heterocycles. The van der Waals surface area contributed by atoms with Crippen LogP contribution >= 0.6 is 0 Å². The Labute approximate surface area is 93.2 Å². The van der Waals surface area contributed by atoms with Crippen LogP contribution in [0.3, 0.4) is 0 Å². The van der Waals surface area contributed by atoms with E-state index in [1.165, 1.54) is 10.8 Å². The summed E-state index contributed by atoms with van der Waals surface area (Å²) in [5, 5.41) is 0. The largest absolute Gasteiger partial charge is 0.461 e. The van der Waals surface area contributed by atoms with Gasteiger partial charge < -0.3 is 14.0 Å². The summed E-state index contributed by atoms with van der Waals surface area (Å²) in [6.45, 7) is 3.94. The van der Waals surface area contributed by atoms with Crippen molar-refractivity contribution in [3.8, 4) is 0 Å². The Kier molecular flexibility index (Phi) is 4.04. The van der Waals surface area contributed by atoms with Crippen molar-refractivity contribution < 1.29 is 19.1 Å². The molecule has 0 radical (unpaired) electrons. The molecule has 0 fully saturated rings. The minimum Gasteiger partial charge on any atom is -0.461 e. The first-order valence-corrected chi connectivity index (χ1v) is 4.97. The van der Waals surface area contributed by atoms with Crippen molar-refractivity contribution in [2.24, 2.45) is 7.05 Å². The average Bonchev–Trinajstić information content (AvgIpc) is 2.61. The third-order valence-corrected chi connectivity index (χ3v) is 1.82. The lowest BCUT2D eigenvalue weighted by Gasteiger charge is -1.99. The molecule has 6 nitrogen and oxygen atoms in total. The van der Waals surface area contributed by atoms with Crippen LogP contribution in [0.4, 0.5) is 0 Å². The third-order valence-electron chi connectivity index (χ3n) is 1.82. The Hall–Kier alpha value is -1.85. The molecule has 88 valence electrons. The quantitative estimate of drug-likeness (QED) is 0.709. The second-order valence-corrected chi connectivity index (χ2v) is 3.00. The number of hydrogen-bond acceptors (Lipinski definition) is 5. The molecule has 1 aromatic heterocycles. The van der Waals surface area contributed by atoms with Crippen LogP contribution in [0.2, 0.25) is 0 Å². The summed E-state index contributed by atoms with van der Waals surface area (Å²) in [6.07, 6.45) is 1.43. The summed E-state index contributed by atoms with van der Waals surface area (Å²) < 4.78 is 11.0. The second-order valence-electron chi connectivity index (χ2n) is 3.00. The number of esters is 2. The normalized spacial score (nSPS) is 9.94. The van der Waals surface area contributed by atoms with Gasteiger partial charge >= 0.3 is 11.9 Å². The number of hydrogen-bond donors (Lipinski definition) is 0. The molecule has 0 aromatic carbocycles. The van der Waals surface area contributed by atoms with Crippen LogP contribution in [0.25, 0.3) is 0 Å². The molecule has 0 unspecified atom stereocenters. The molecule has 1 aromatic rings. The molecule has 1 heterocycles. The fraction of sp³-hybridized carbons (Fsp3) is 0.500. The van der Waals surface area contributed by atoms with Gasteiger partial charge in [0.2, 0.25) is 5.82 Å². The van der Waals surface area contributed by atoms with Crippen molar-refractivity contribution in [2.45, 2.75) is 13.8 Å². The van der Waals surface area contributed by atoms with Gasteiger partial charge in [-0.05, 0) is 13.8 Å². The van der Waals surface area contributed by atoms with Gasteiger partial charge in [-0.2, -0.15) is 0 Å². The molecule has 0 atom stereocenters. The van der Waals surface area contributed by atoms with Gasteiger partial charge in [0.25, 0.3) is 0 Å². The van der Waals surface area contributed by atoms with Gasteiger partial charge in [0.1, 0.15) is 0 Å². The summed E-state index contributed by atoms with van der Waals surface area (Å²) >= 11 is 0. The van der Waals surface area contributed by atoms with Crippen LogP contribution in [0, 0.1) is 0 Å². The van der Waals surface area contributed by atoms with E-state index in [1.54, 1.807) is 20.9 Å². The van der Waals surface area contributed by atoms with Crippen molar-refractivity contribution in [3.63, 3.8) is 0 Å². The molecule has 16 heavy (non-hydrogen) atoms. The van der Waals surface area contributed by atoms with Crippen molar-refractivity contribution >= 4 is 11.9 Å². The van der Waals surface area contributed by atoms with Crippen LogP contribution in [0.1, 0.15) is 35.0 Å². The van der Waals surface area contributed by atoms with Crippen LogP contribution in [0.15, 0.2) is 6.20 Å². The monoisotopic (exact) mass is 226 g/mol. The van der Waals surface area contributed by atoms with E-state index in [1.807, 2.05) is 0 Å². The average molecular weight is 226 g/mol. The Morgan fingerprint density at radius 1 is 1.25 bits per heavy atom. The number of aryl methyl sites for hydroxylation is 1. The fourth-order valence-corrected chi connectivity index (χ4v) is 1.16. The standard InChI is InChI=1S/C10H14N2O4/c1-4-15-9(13)7-6-12(3)8(11-7)10(14)16-5-2/h6H,4-5H2,1-3H3. The molecule has 0 aliphatic carbocycles. The molecule has 0 spiro atoms. The van der Waals surface area contributed by atoms with E-state index in [4.69, 9.17) is 9.47 Å². The van der Waals surface area contributed by atoms with Crippen molar-refractivity contribution in [1.82, 2.24) is 9.55 Å². The summed E-state index contributed by atoms with van der Waals surface area (Å²) in [5.74, 6) is -1.01. The number of aromatic nitrogens is 2. The first-order valence-electron chi connectivity index (χ1n) is 4.97. The van der Waals surface area contributed by atoms with Crippen LogP contribution < -0.4 is 0 Å². The van der Waals surface area contributed by atoms with Gasteiger partial charge in [0.05, 0.1) is 13.2 Å². The maximum Gasteiger partial charge on any atom is 0.374 e. The summed E-state index contributed by atoms with van der Waals surface area (Å²) in [7, 11) is 1.61. The molecule has 6 heteroatoms. The van der Waals surface area contributed by atoms with E-state index < -0.39 is 11.9 Å². The SMILES string of the molecule is CCOC(=O)c1cn(C)c(C(=O)OCC)n1. The zero-order valence-electron chi connectivity index (χ0n) is 9.52. The number of carbonyl (C=O) groups is 2. The van der Waals surface area contributed by atoms with Crippen molar-refractivity contribution in [2.75, 3.05) is 13.2 Å².